The summed E-state index contributed by atoms with van der Waals surface area (Å²) >= 11 is 7.50. The van der Waals surface area contributed by atoms with Gasteiger partial charge in [-0.25, -0.2) is 0 Å². The first kappa shape index (κ1) is 29.8. The van der Waals surface area contributed by atoms with E-state index in [1.165, 1.54) is 38.9 Å². The molecule has 1 N–H and O–H groups in total. The predicted molar refractivity (Wildman–Crippen MR) is 167 cm³/mol. The summed E-state index contributed by atoms with van der Waals surface area (Å²) in [7, 11) is 0. The molecule has 9 nitrogen and oxygen atoms in total. The van der Waals surface area contributed by atoms with Gasteiger partial charge in [-0.1, -0.05) is 62.7 Å². The van der Waals surface area contributed by atoms with Crippen molar-refractivity contribution in [3.63, 3.8) is 0 Å². The van der Waals surface area contributed by atoms with Crippen LogP contribution in [0.1, 0.15) is 56.7 Å². The monoisotopic (exact) mass is 613 g/mol. The van der Waals surface area contributed by atoms with E-state index < -0.39 is 16.8 Å². The minimum atomic E-state index is -0.785. The smallest absolute Gasteiger partial charge is 0.254 e. The molecule has 4 heterocycles. The quantitative estimate of drug-likeness (QED) is 0.196. The topological polar surface area (TPSA) is 116 Å². The van der Waals surface area contributed by atoms with E-state index >= 15 is 0 Å². The number of hydrogen-bond donors (Lipinski definition) is 1. The molecular weight excluding hydrogens is 586 g/mol. The molecule has 0 aliphatic heterocycles. The molecule has 0 saturated heterocycles. The molecule has 0 aliphatic rings. The van der Waals surface area contributed by atoms with Gasteiger partial charge in [-0.2, -0.15) is 9.78 Å². The number of hydrogen-bond acceptors (Lipinski definition) is 8. The van der Waals surface area contributed by atoms with Crippen molar-refractivity contribution >= 4 is 46.2 Å². The predicted octanol–water partition coefficient (Wildman–Crippen LogP) is 6.23. The lowest BCUT2D eigenvalue weighted by atomic mass is 9.96. The van der Waals surface area contributed by atoms with Crippen molar-refractivity contribution in [2.24, 2.45) is 5.41 Å². The normalized spacial score (nSPS) is 11.3. The van der Waals surface area contributed by atoms with Crippen LogP contribution in [0.15, 0.2) is 90.0 Å². The molecule has 218 valence electrons. The fourth-order valence-electron chi connectivity index (χ4n) is 4.35. The van der Waals surface area contributed by atoms with Crippen molar-refractivity contribution < 1.29 is 14.4 Å². The maximum Gasteiger partial charge on any atom is 0.254 e. The molecule has 4 aromatic heterocycles. The fraction of sp³-hybridized carbons (Fsp3) is 0.188. The Morgan fingerprint density at radius 2 is 1.67 bits per heavy atom. The van der Waals surface area contributed by atoms with Gasteiger partial charge in [0.1, 0.15) is 11.5 Å². The summed E-state index contributed by atoms with van der Waals surface area (Å²) in [6.07, 6.45) is 2.97. The number of carbonyl (C=O) groups is 3. The summed E-state index contributed by atoms with van der Waals surface area (Å²) in [5.41, 5.74) is -0.0516. The number of pyridine rings is 2. The van der Waals surface area contributed by atoms with Gasteiger partial charge in [-0.3, -0.25) is 28.7 Å². The Balaban J connectivity index is 1.64. The van der Waals surface area contributed by atoms with Crippen molar-refractivity contribution in [1.29, 1.82) is 0 Å². The van der Waals surface area contributed by atoms with Crippen LogP contribution in [0, 0.1) is 5.41 Å². The van der Waals surface area contributed by atoms with Crippen LogP contribution in [0.4, 0.5) is 5.82 Å². The molecular formula is C32H28ClN5O4S. The van der Waals surface area contributed by atoms with Gasteiger partial charge in [0.2, 0.25) is 0 Å². The second kappa shape index (κ2) is 12.3. The first-order chi connectivity index (χ1) is 20.5. The summed E-state index contributed by atoms with van der Waals surface area (Å²) < 4.78 is 3.17. The first-order valence-electron chi connectivity index (χ1n) is 13.4. The number of thiophene rings is 1. The Kier molecular flexibility index (Phi) is 8.52. The molecule has 0 aliphatic carbocycles. The Bertz CT molecular complexity index is 1870. The highest BCUT2D eigenvalue weighted by molar-refractivity contribution is 7.16. The van der Waals surface area contributed by atoms with E-state index in [-0.39, 0.29) is 35.2 Å². The van der Waals surface area contributed by atoms with Gasteiger partial charge in [-0.15, -0.1) is 11.3 Å². The number of halogens is 1. The van der Waals surface area contributed by atoms with E-state index in [1.54, 1.807) is 81.6 Å². The van der Waals surface area contributed by atoms with Gasteiger partial charge in [0, 0.05) is 51.5 Å². The molecule has 0 spiro atoms. The van der Waals surface area contributed by atoms with Crippen LogP contribution >= 0.6 is 22.9 Å². The van der Waals surface area contributed by atoms with Crippen molar-refractivity contribution in [2.45, 2.75) is 33.9 Å². The average molecular weight is 614 g/mol. The van der Waals surface area contributed by atoms with Crippen LogP contribution in [-0.4, -0.2) is 36.8 Å². The zero-order chi connectivity index (χ0) is 30.7. The second-order valence-electron chi connectivity index (χ2n) is 10.9. The molecule has 5 aromatic rings. The SMILES string of the molecule is CC(C)(C)C(=O)n1nc(-c2cc(C(=O)c3cccnc3)cc(=O)n2CC(=O)c2ccccc2)cc1NCc1ccc(Cl)s1. The van der Waals surface area contributed by atoms with Crippen LogP contribution in [0.25, 0.3) is 11.4 Å². The molecule has 0 atom stereocenters. The number of Topliss-reactive ketones (excluding diaryl/α,β-unsaturated/α-hetero) is 1. The number of benzene rings is 1. The van der Waals surface area contributed by atoms with E-state index in [1.807, 2.05) is 6.07 Å². The lowest BCUT2D eigenvalue weighted by Crippen LogP contribution is -2.29. The number of aromatic nitrogens is 4. The number of nitrogens with one attached hydrogen (secondary N) is 1. The highest BCUT2D eigenvalue weighted by Gasteiger charge is 2.28. The number of carbonyl (C=O) groups excluding carboxylic acids is 3. The van der Waals surface area contributed by atoms with E-state index in [0.29, 0.717) is 27.8 Å². The van der Waals surface area contributed by atoms with Crippen LogP contribution < -0.4 is 10.9 Å². The minimum absolute atomic E-state index is 0.107. The van der Waals surface area contributed by atoms with Crippen LogP contribution in [0.5, 0.6) is 0 Å². The fourth-order valence-corrected chi connectivity index (χ4v) is 5.38. The molecule has 0 bridgehead atoms. The zero-order valence-corrected chi connectivity index (χ0v) is 25.3. The van der Waals surface area contributed by atoms with E-state index in [4.69, 9.17) is 11.6 Å². The lowest BCUT2D eigenvalue weighted by Gasteiger charge is -2.18. The summed E-state index contributed by atoms with van der Waals surface area (Å²) in [5.74, 6) is -0.612. The molecule has 0 fully saturated rings. The molecule has 11 heteroatoms. The van der Waals surface area contributed by atoms with Crippen molar-refractivity contribution in [3.05, 3.63) is 121 Å². The highest BCUT2D eigenvalue weighted by atomic mass is 35.5. The lowest BCUT2D eigenvalue weighted by molar-refractivity contribution is 0.0751. The van der Waals surface area contributed by atoms with Gasteiger partial charge in [0.15, 0.2) is 11.6 Å². The Morgan fingerprint density at radius 1 is 0.930 bits per heavy atom. The number of anilines is 1. The van der Waals surface area contributed by atoms with Crippen LogP contribution in [-0.2, 0) is 13.1 Å². The summed E-state index contributed by atoms with van der Waals surface area (Å²) in [4.78, 5) is 58.6. The van der Waals surface area contributed by atoms with Gasteiger partial charge >= 0.3 is 0 Å². The molecule has 5 rings (SSSR count). The molecule has 1 aromatic carbocycles. The summed E-state index contributed by atoms with van der Waals surface area (Å²) in [5, 5.41) is 7.86. The van der Waals surface area contributed by atoms with Crippen LogP contribution in [0.2, 0.25) is 4.34 Å². The number of nitrogens with zero attached hydrogens (tertiary/aromatic N) is 4. The number of rotatable bonds is 9. The molecule has 0 radical (unpaired) electrons. The second-order valence-corrected chi connectivity index (χ2v) is 12.7. The minimum Gasteiger partial charge on any atom is -0.365 e. The standard InChI is InChI=1S/C32H28ClN5O4S/c1-32(2,3)31(42)38-28(35-18-23-11-12-27(33)43-23)16-24(36-38)25-14-22(30(41)21-10-7-13-34-17-21)15-29(40)37(25)19-26(39)20-8-5-4-6-9-20/h4-17,35H,18-19H2,1-3H3. The Labute approximate surface area is 256 Å². The Hall–Kier alpha value is -4.67. The third-order valence-corrected chi connectivity index (χ3v) is 7.82. The largest absolute Gasteiger partial charge is 0.365 e. The highest BCUT2D eigenvalue weighted by Crippen LogP contribution is 2.28. The van der Waals surface area contributed by atoms with Gasteiger partial charge in [0.05, 0.1) is 23.1 Å². The van der Waals surface area contributed by atoms with Gasteiger partial charge in [0.25, 0.3) is 11.5 Å². The molecule has 43 heavy (non-hydrogen) atoms. The van der Waals surface area contributed by atoms with E-state index in [0.717, 1.165) is 4.88 Å². The number of ketones is 2. The van der Waals surface area contributed by atoms with Crippen LogP contribution in [0.3, 0.4) is 0 Å². The van der Waals surface area contributed by atoms with Crippen molar-refractivity contribution in [3.8, 4) is 11.4 Å². The summed E-state index contributed by atoms with van der Waals surface area (Å²) in [6.45, 7) is 5.41. The van der Waals surface area contributed by atoms with E-state index in [2.05, 4.69) is 15.4 Å². The van der Waals surface area contributed by atoms with Crippen molar-refractivity contribution in [1.82, 2.24) is 19.3 Å². The maximum absolute atomic E-state index is 13.5. The molecule has 0 amide bonds. The average Bonchev–Trinajstić information content (AvgIpc) is 3.62. The van der Waals surface area contributed by atoms with E-state index in [9.17, 15) is 19.2 Å². The summed E-state index contributed by atoms with van der Waals surface area (Å²) in [6, 6.07) is 19.9. The van der Waals surface area contributed by atoms with Gasteiger partial charge in [-0.05, 0) is 30.3 Å². The maximum atomic E-state index is 13.5. The molecule has 0 unspecified atom stereocenters. The third-order valence-electron chi connectivity index (χ3n) is 6.59. The first-order valence-corrected chi connectivity index (χ1v) is 14.6. The van der Waals surface area contributed by atoms with Gasteiger partial charge < -0.3 is 5.32 Å². The van der Waals surface area contributed by atoms with Crippen molar-refractivity contribution in [2.75, 3.05) is 5.32 Å². The zero-order valence-electron chi connectivity index (χ0n) is 23.7. The Morgan fingerprint density at radius 3 is 2.33 bits per heavy atom. The third kappa shape index (κ3) is 6.71. The molecule has 0 saturated carbocycles.